The van der Waals surface area contributed by atoms with Crippen LogP contribution in [0, 0.1) is 11.6 Å². The highest BCUT2D eigenvalue weighted by molar-refractivity contribution is 7.99. The molecule has 88 valence electrons. The highest BCUT2D eigenvalue weighted by Gasteiger charge is 2.25. The van der Waals surface area contributed by atoms with Crippen LogP contribution in [0.2, 0.25) is 0 Å². The molecule has 0 radical (unpaired) electrons. The Morgan fingerprint density at radius 1 is 1.31 bits per heavy atom. The minimum Gasteiger partial charge on any atom is -0.387 e. The van der Waals surface area contributed by atoms with Crippen LogP contribution in [0.4, 0.5) is 8.78 Å². The third kappa shape index (κ3) is 2.55. The van der Waals surface area contributed by atoms with Gasteiger partial charge in [0, 0.05) is 16.9 Å². The van der Waals surface area contributed by atoms with Gasteiger partial charge in [-0.1, -0.05) is 12.5 Å². The van der Waals surface area contributed by atoms with Gasteiger partial charge in [0.05, 0.1) is 6.10 Å². The van der Waals surface area contributed by atoms with Crippen LogP contribution in [0.5, 0.6) is 0 Å². The van der Waals surface area contributed by atoms with Gasteiger partial charge < -0.3 is 5.11 Å². The average molecular weight is 244 g/mol. The maximum Gasteiger partial charge on any atom is 0.131 e. The van der Waals surface area contributed by atoms with E-state index in [1.54, 1.807) is 11.8 Å². The number of hydrogen-bond acceptors (Lipinski definition) is 2. The van der Waals surface area contributed by atoms with Crippen molar-refractivity contribution in [1.82, 2.24) is 0 Å². The van der Waals surface area contributed by atoms with Crippen LogP contribution >= 0.6 is 11.8 Å². The quantitative estimate of drug-likeness (QED) is 0.861. The Bertz CT molecular complexity index is 364. The van der Waals surface area contributed by atoms with E-state index in [2.05, 4.69) is 0 Å². The van der Waals surface area contributed by atoms with Crippen molar-refractivity contribution < 1.29 is 13.9 Å². The second-order valence-electron chi connectivity index (χ2n) is 4.02. The number of benzene rings is 1. The Labute approximate surface area is 97.9 Å². The van der Waals surface area contributed by atoms with Crippen molar-refractivity contribution in [3.8, 4) is 0 Å². The Morgan fingerprint density at radius 2 is 2.12 bits per heavy atom. The molecule has 1 N–H and O–H groups in total. The molecule has 1 aromatic rings. The Kier molecular flexibility index (Phi) is 3.82. The number of rotatable bonds is 2. The van der Waals surface area contributed by atoms with Crippen LogP contribution in [-0.2, 0) is 0 Å². The Hall–Kier alpha value is -0.610. The van der Waals surface area contributed by atoms with Crippen molar-refractivity contribution in [3.05, 3.63) is 35.4 Å². The van der Waals surface area contributed by atoms with E-state index in [-0.39, 0.29) is 10.8 Å². The molecule has 1 saturated heterocycles. The van der Waals surface area contributed by atoms with Crippen molar-refractivity contribution in [3.63, 3.8) is 0 Å². The van der Waals surface area contributed by atoms with Gasteiger partial charge in [0.2, 0.25) is 0 Å². The SMILES string of the molecule is OC(c1ccc(F)cc1F)C1CCCCS1. The Balaban J connectivity index is 2.15. The first-order valence-corrected chi connectivity index (χ1v) is 6.48. The second-order valence-corrected chi connectivity index (χ2v) is 5.36. The van der Waals surface area contributed by atoms with Crippen molar-refractivity contribution in [1.29, 1.82) is 0 Å². The van der Waals surface area contributed by atoms with Gasteiger partial charge in [0.15, 0.2) is 0 Å². The fourth-order valence-electron chi connectivity index (χ4n) is 1.96. The molecule has 1 aromatic carbocycles. The predicted octanol–water partition coefficient (Wildman–Crippen LogP) is 3.28. The topological polar surface area (TPSA) is 20.2 Å². The summed E-state index contributed by atoms with van der Waals surface area (Å²) in [7, 11) is 0. The predicted molar refractivity (Wildman–Crippen MR) is 61.4 cm³/mol. The standard InChI is InChI=1S/C12H14F2OS/c13-8-4-5-9(10(14)7-8)12(15)11-3-1-2-6-16-11/h4-5,7,11-12,15H,1-3,6H2. The number of thioether (sulfide) groups is 1. The van der Waals surface area contributed by atoms with Crippen LogP contribution in [0.25, 0.3) is 0 Å². The molecule has 0 bridgehead atoms. The van der Waals surface area contributed by atoms with Crippen LogP contribution in [-0.4, -0.2) is 16.1 Å². The normalized spacial score (nSPS) is 23.1. The zero-order valence-corrected chi connectivity index (χ0v) is 9.64. The molecule has 0 saturated carbocycles. The van der Waals surface area contributed by atoms with Gasteiger partial charge >= 0.3 is 0 Å². The highest BCUT2D eigenvalue weighted by atomic mass is 32.2. The summed E-state index contributed by atoms with van der Waals surface area (Å²) < 4.78 is 26.2. The lowest BCUT2D eigenvalue weighted by Gasteiger charge is -2.26. The summed E-state index contributed by atoms with van der Waals surface area (Å²) in [6, 6.07) is 3.35. The zero-order valence-electron chi connectivity index (χ0n) is 8.83. The van der Waals surface area contributed by atoms with E-state index in [1.807, 2.05) is 0 Å². The molecule has 1 heterocycles. The third-order valence-electron chi connectivity index (χ3n) is 2.85. The maximum absolute atomic E-state index is 13.4. The van der Waals surface area contributed by atoms with Crippen molar-refractivity contribution in [2.24, 2.45) is 0 Å². The monoisotopic (exact) mass is 244 g/mol. The van der Waals surface area contributed by atoms with E-state index in [1.165, 1.54) is 12.1 Å². The molecule has 2 atom stereocenters. The van der Waals surface area contributed by atoms with E-state index >= 15 is 0 Å². The molecule has 0 amide bonds. The lowest BCUT2D eigenvalue weighted by Crippen LogP contribution is -2.20. The molecule has 1 fully saturated rings. The molecular weight excluding hydrogens is 230 g/mol. The molecular formula is C12H14F2OS. The summed E-state index contributed by atoms with van der Waals surface area (Å²) in [5.74, 6) is -0.256. The van der Waals surface area contributed by atoms with E-state index in [9.17, 15) is 13.9 Å². The summed E-state index contributed by atoms with van der Waals surface area (Å²) in [4.78, 5) is 0. The molecule has 1 nitrogen and oxygen atoms in total. The first-order valence-electron chi connectivity index (χ1n) is 5.43. The zero-order chi connectivity index (χ0) is 11.5. The van der Waals surface area contributed by atoms with Crippen LogP contribution < -0.4 is 0 Å². The maximum atomic E-state index is 13.4. The molecule has 0 aromatic heterocycles. The molecule has 4 heteroatoms. The molecule has 1 aliphatic rings. The minimum atomic E-state index is -0.828. The summed E-state index contributed by atoms with van der Waals surface area (Å²) in [5, 5.41) is 10.1. The van der Waals surface area contributed by atoms with E-state index in [0.29, 0.717) is 0 Å². The van der Waals surface area contributed by atoms with Gasteiger partial charge in [-0.05, 0) is 24.7 Å². The number of aliphatic hydroxyl groups excluding tert-OH is 1. The summed E-state index contributed by atoms with van der Waals surface area (Å²) in [6.07, 6.45) is 2.28. The van der Waals surface area contributed by atoms with Gasteiger partial charge in [0.1, 0.15) is 11.6 Å². The van der Waals surface area contributed by atoms with Gasteiger partial charge in [0.25, 0.3) is 0 Å². The molecule has 2 unspecified atom stereocenters. The van der Waals surface area contributed by atoms with Crippen molar-refractivity contribution >= 4 is 11.8 Å². The lowest BCUT2D eigenvalue weighted by molar-refractivity contribution is 0.164. The van der Waals surface area contributed by atoms with Crippen LogP contribution in [0.1, 0.15) is 30.9 Å². The number of halogens is 2. The summed E-state index contributed by atoms with van der Waals surface area (Å²) >= 11 is 1.67. The van der Waals surface area contributed by atoms with Gasteiger partial charge in [-0.2, -0.15) is 11.8 Å². The van der Waals surface area contributed by atoms with Crippen molar-refractivity contribution in [2.45, 2.75) is 30.6 Å². The molecule has 0 spiro atoms. The summed E-state index contributed by atoms with van der Waals surface area (Å²) in [5.41, 5.74) is 0.209. The van der Waals surface area contributed by atoms with Crippen LogP contribution in [0.15, 0.2) is 18.2 Å². The molecule has 2 rings (SSSR count). The first-order chi connectivity index (χ1) is 7.68. The van der Waals surface area contributed by atoms with E-state index in [4.69, 9.17) is 0 Å². The fraction of sp³-hybridized carbons (Fsp3) is 0.500. The van der Waals surface area contributed by atoms with Crippen LogP contribution in [0.3, 0.4) is 0 Å². The van der Waals surface area contributed by atoms with Gasteiger partial charge in [-0.3, -0.25) is 0 Å². The molecule has 1 aliphatic heterocycles. The minimum absolute atomic E-state index is 0.0358. The smallest absolute Gasteiger partial charge is 0.131 e. The van der Waals surface area contributed by atoms with Gasteiger partial charge in [-0.15, -0.1) is 0 Å². The second kappa shape index (κ2) is 5.15. The first kappa shape index (κ1) is 11.9. The molecule has 0 aliphatic carbocycles. The average Bonchev–Trinajstić information content (AvgIpc) is 2.29. The summed E-state index contributed by atoms with van der Waals surface area (Å²) in [6.45, 7) is 0. The number of aliphatic hydroxyl groups is 1. The van der Waals surface area contributed by atoms with E-state index < -0.39 is 17.7 Å². The fourth-order valence-corrected chi connectivity index (χ4v) is 3.29. The highest BCUT2D eigenvalue weighted by Crippen LogP contribution is 2.35. The number of hydrogen-bond donors (Lipinski definition) is 1. The molecule has 16 heavy (non-hydrogen) atoms. The van der Waals surface area contributed by atoms with Crippen molar-refractivity contribution in [2.75, 3.05) is 5.75 Å². The van der Waals surface area contributed by atoms with Gasteiger partial charge in [-0.25, -0.2) is 8.78 Å². The van der Waals surface area contributed by atoms with E-state index in [0.717, 1.165) is 31.1 Å². The Morgan fingerprint density at radius 3 is 2.75 bits per heavy atom. The largest absolute Gasteiger partial charge is 0.387 e. The lowest BCUT2D eigenvalue weighted by atomic mass is 10.0. The third-order valence-corrected chi connectivity index (χ3v) is 4.29.